The lowest BCUT2D eigenvalue weighted by Gasteiger charge is -2.15. The highest BCUT2D eigenvalue weighted by molar-refractivity contribution is 6.33. The molecule has 3 heteroatoms. The molecular weight excluding hydrogens is 270 g/mol. The van der Waals surface area contributed by atoms with E-state index in [0.29, 0.717) is 10.6 Å². The van der Waals surface area contributed by atoms with Crippen molar-refractivity contribution >= 4 is 17.5 Å². The molecule has 0 aromatic heterocycles. The molecule has 0 bridgehead atoms. The van der Waals surface area contributed by atoms with E-state index in [1.807, 2.05) is 19.1 Å². The van der Waals surface area contributed by atoms with Crippen molar-refractivity contribution in [1.29, 1.82) is 0 Å². The molecule has 0 aliphatic carbocycles. The molecule has 2 rings (SSSR count). The van der Waals surface area contributed by atoms with Crippen molar-refractivity contribution in [1.82, 2.24) is 5.32 Å². The van der Waals surface area contributed by atoms with Crippen molar-refractivity contribution in [3.63, 3.8) is 0 Å². The van der Waals surface area contributed by atoms with E-state index in [1.54, 1.807) is 12.1 Å². The van der Waals surface area contributed by atoms with Crippen LogP contribution in [0, 0.1) is 0 Å². The van der Waals surface area contributed by atoms with Crippen molar-refractivity contribution in [3.8, 4) is 0 Å². The SMILES string of the molecule is CCc1ccc([C@@H](C)NC(=O)c2ccccc2Cl)cc1. The van der Waals surface area contributed by atoms with E-state index in [2.05, 4.69) is 36.5 Å². The molecule has 2 aromatic rings. The van der Waals surface area contributed by atoms with Gasteiger partial charge in [-0.25, -0.2) is 0 Å². The van der Waals surface area contributed by atoms with Gasteiger partial charge in [-0.15, -0.1) is 0 Å². The third-order valence-corrected chi connectivity index (χ3v) is 3.68. The molecule has 1 N–H and O–H groups in total. The molecule has 0 aliphatic rings. The minimum atomic E-state index is -0.150. The molecule has 104 valence electrons. The summed E-state index contributed by atoms with van der Waals surface area (Å²) in [7, 11) is 0. The number of rotatable bonds is 4. The highest BCUT2D eigenvalue weighted by Crippen LogP contribution is 2.18. The van der Waals surface area contributed by atoms with Gasteiger partial charge in [-0.3, -0.25) is 4.79 Å². The summed E-state index contributed by atoms with van der Waals surface area (Å²) < 4.78 is 0. The molecule has 0 radical (unpaired) electrons. The number of aryl methyl sites for hydroxylation is 1. The van der Waals surface area contributed by atoms with Crippen molar-refractivity contribution < 1.29 is 4.79 Å². The maximum Gasteiger partial charge on any atom is 0.253 e. The Morgan fingerprint density at radius 1 is 1.15 bits per heavy atom. The fourth-order valence-electron chi connectivity index (χ4n) is 2.05. The second kappa shape index (κ2) is 6.58. The van der Waals surface area contributed by atoms with E-state index in [0.717, 1.165) is 12.0 Å². The number of amides is 1. The molecule has 0 spiro atoms. The van der Waals surface area contributed by atoms with E-state index in [1.165, 1.54) is 5.56 Å². The highest BCUT2D eigenvalue weighted by Gasteiger charge is 2.13. The zero-order chi connectivity index (χ0) is 14.5. The molecule has 1 atom stereocenters. The van der Waals surface area contributed by atoms with Crippen LogP contribution in [-0.4, -0.2) is 5.91 Å². The standard InChI is InChI=1S/C17H18ClNO/c1-3-13-8-10-14(11-9-13)12(2)19-17(20)15-6-4-5-7-16(15)18/h4-12H,3H2,1-2H3,(H,19,20)/t12-/m1/s1. The van der Waals surface area contributed by atoms with Gasteiger partial charge in [0.2, 0.25) is 0 Å². The average molecular weight is 288 g/mol. The van der Waals surface area contributed by atoms with E-state index in [4.69, 9.17) is 11.6 Å². The number of halogens is 1. The number of benzene rings is 2. The zero-order valence-electron chi connectivity index (χ0n) is 11.7. The van der Waals surface area contributed by atoms with Crippen LogP contribution in [0.3, 0.4) is 0 Å². The number of hydrogen-bond acceptors (Lipinski definition) is 1. The summed E-state index contributed by atoms with van der Waals surface area (Å²) >= 11 is 6.03. The number of carbonyl (C=O) groups excluding carboxylic acids is 1. The van der Waals surface area contributed by atoms with Crippen LogP contribution in [-0.2, 0) is 6.42 Å². The van der Waals surface area contributed by atoms with Crippen LogP contribution in [0.25, 0.3) is 0 Å². The first-order valence-electron chi connectivity index (χ1n) is 6.76. The summed E-state index contributed by atoms with van der Waals surface area (Å²) in [6.07, 6.45) is 1.01. The zero-order valence-corrected chi connectivity index (χ0v) is 12.4. The monoisotopic (exact) mass is 287 g/mol. The van der Waals surface area contributed by atoms with Crippen molar-refractivity contribution in [2.24, 2.45) is 0 Å². The number of hydrogen-bond donors (Lipinski definition) is 1. The Labute approximate surface area is 124 Å². The van der Waals surface area contributed by atoms with Crippen LogP contribution in [0.5, 0.6) is 0 Å². The summed E-state index contributed by atoms with van der Waals surface area (Å²) in [5, 5.41) is 3.44. The van der Waals surface area contributed by atoms with Crippen LogP contribution in [0.1, 0.15) is 41.4 Å². The second-order valence-corrected chi connectivity index (χ2v) is 5.18. The lowest BCUT2D eigenvalue weighted by Crippen LogP contribution is -2.26. The highest BCUT2D eigenvalue weighted by atomic mass is 35.5. The van der Waals surface area contributed by atoms with Crippen molar-refractivity contribution in [3.05, 3.63) is 70.2 Å². The van der Waals surface area contributed by atoms with E-state index < -0.39 is 0 Å². The quantitative estimate of drug-likeness (QED) is 0.887. The summed E-state index contributed by atoms with van der Waals surface area (Å²) in [5.41, 5.74) is 2.88. The van der Waals surface area contributed by atoms with Crippen LogP contribution in [0.15, 0.2) is 48.5 Å². The van der Waals surface area contributed by atoms with Crippen LogP contribution in [0.2, 0.25) is 5.02 Å². The average Bonchev–Trinajstić information content (AvgIpc) is 2.47. The van der Waals surface area contributed by atoms with Crippen molar-refractivity contribution in [2.45, 2.75) is 26.3 Å². The van der Waals surface area contributed by atoms with Gasteiger partial charge in [0.15, 0.2) is 0 Å². The van der Waals surface area contributed by atoms with Crippen LogP contribution < -0.4 is 5.32 Å². The first-order valence-corrected chi connectivity index (χ1v) is 7.14. The van der Waals surface area contributed by atoms with Gasteiger partial charge in [0.25, 0.3) is 5.91 Å². The lowest BCUT2D eigenvalue weighted by molar-refractivity contribution is 0.0940. The Balaban J connectivity index is 2.09. The molecule has 0 saturated heterocycles. The summed E-state index contributed by atoms with van der Waals surface area (Å²) in [5.74, 6) is -0.150. The fourth-order valence-corrected chi connectivity index (χ4v) is 2.27. The van der Waals surface area contributed by atoms with Crippen molar-refractivity contribution in [2.75, 3.05) is 0 Å². The molecule has 2 aromatic carbocycles. The van der Waals surface area contributed by atoms with Gasteiger partial charge in [0, 0.05) is 0 Å². The van der Waals surface area contributed by atoms with E-state index >= 15 is 0 Å². The minimum absolute atomic E-state index is 0.0512. The second-order valence-electron chi connectivity index (χ2n) is 4.77. The molecule has 0 saturated carbocycles. The number of carbonyl (C=O) groups is 1. The molecule has 20 heavy (non-hydrogen) atoms. The minimum Gasteiger partial charge on any atom is -0.345 e. The molecule has 2 nitrogen and oxygen atoms in total. The summed E-state index contributed by atoms with van der Waals surface area (Å²) in [6, 6.07) is 15.3. The Hall–Kier alpha value is -1.80. The van der Waals surface area contributed by atoms with Gasteiger partial charge in [0.05, 0.1) is 16.6 Å². The van der Waals surface area contributed by atoms with E-state index in [9.17, 15) is 4.79 Å². The first-order chi connectivity index (χ1) is 9.61. The largest absolute Gasteiger partial charge is 0.345 e. The van der Waals surface area contributed by atoms with Gasteiger partial charge in [-0.1, -0.05) is 54.9 Å². The topological polar surface area (TPSA) is 29.1 Å². The van der Waals surface area contributed by atoms with Gasteiger partial charge in [-0.2, -0.15) is 0 Å². The predicted molar refractivity (Wildman–Crippen MR) is 83.2 cm³/mol. The molecule has 1 amide bonds. The predicted octanol–water partition coefficient (Wildman–Crippen LogP) is 4.39. The third kappa shape index (κ3) is 3.40. The normalized spacial score (nSPS) is 11.9. The summed E-state index contributed by atoms with van der Waals surface area (Å²) in [6.45, 7) is 4.09. The van der Waals surface area contributed by atoms with Gasteiger partial charge in [0.1, 0.15) is 0 Å². The Bertz CT molecular complexity index is 592. The molecular formula is C17H18ClNO. The smallest absolute Gasteiger partial charge is 0.253 e. The van der Waals surface area contributed by atoms with Gasteiger partial charge >= 0.3 is 0 Å². The Morgan fingerprint density at radius 2 is 1.80 bits per heavy atom. The Kier molecular flexibility index (Phi) is 4.80. The van der Waals surface area contributed by atoms with Gasteiger partial charge in [-0.05, 0) is 36.6 Å². The fraction of sp³-hybridized carbons (Fsp3) is 0.235. The molecule has 0 unspecified atom stereocenters. The maximum absolute atomic E-state index is 12.2. The lowest BCUT2D eigenvalue weighted by atomic mass is 10.0. The van der Waals surface area contributed by atoms with E-state index in [-0.39, 0.29) is 11.9 Å². The third-order valence-electron chi connectivity index (χ3n) is 3.35. The van der Waals surface area contributed by atoms with Crippen LogP contribution in [0.4, 0.5) is 0 Å². The summed E-state index contributed by atoms with van der Waals surface area (Å²) in [4.78, 5) is 12.2. The Morgan fingerprint density at radius 3 is 2.40 bits per heavy atom. The molecule has 0 fully saturated rings. The van der Waals surface area contributed by atoms with Crippen LogP contribution >= 0.6 is 11.6 Å². The number of nitrogens with one attached hydrogen (secondary N) is 1. The molecule has 0 aliphatic heterocycles. The first kappa shape index (κ1) is 14.6. The molecule has 0 heterocycles. The maximum atomic E-state index is 12.2. The van der Waals surface area contributed by atoms with Gasteiger partial charge < -0.3 is 5.32 Å².